The van der Waals surface area contributed by atoms with Crippen LogP contribution < -0.4 is 9.62 Å². The monoisotopic (exact) mass is 397 g/mol. The van der Waals surface area contributed by atoms with Gasteiger partial charge in [-0.3, -0.25) is 4.31 Å². The van der Waals surface area contributed by atoms with Gasteiger partial charge in [0.05, 0.1) is 6.04 Å². The third-order valence-electron chi connectivity index (χ3n) is 4.21. The van der Waals surface area contributed by atoms with Crippen LogP contribution in [0.3, 0.4) is 0 Å². The maximum atomic E-state index is 8.53. The highest BCUT2D eigenvalue weighted by Crippen LogP contribution is 2.25. The molecule has 28 heavy (non-hydrogen) atoms. The van der Waals surface area contributed by atoms with Crippen LogP contribution in [0.5, 0.6) is 0 Å². The first-order valence-corrected chi connectivity index (χ1v) is 9.67. The van der Waals surface area contributed by atoms with E-state index in [9.17, 15) is 0 Å². The van der Waals surface area contributed by atoms with Crippen LogP contribution in [0.15, 0.2) is 85.1 Å². The summed E-state index contributed by atoms with van der Waals surface area (Å²) < 4.78 is 6.46. The Kier molecular flexibility index (Phi) is 7.83. The van der Waals surface area contributed by atoms with Crippen LogP contribution in [0.4, 0.5) is 5.82 Å². The lowest BCUT2D eigenvalue weighted by molar-refractivity contribution is -0.432. The molecule has 0 spiro atoms. The molecule has 0 amide bonds. The molecule has 3 aromatic rings. The maximum absolute atomic E-state index is 8.53. The van der Waals surface area contributed by atoms with Crippen molar-refractivity contribution in [2.75, 3.05) is 10.8 Å². The van der Waals surface area contributed by atoms with Gasteiger partial charge in [-0.1, -0.05) is 71.8 Å². The van der Waals surface area contributed by atoms with Gasteiger partial charge in [0.2, 0.25) is 0 Å². The number of rotatable bonds is 10. The molecule has 0 fully saturated rings. The highest BCUT2D eigenvalue weighted by Gasteiger charge is 2.20. The van der Waals surface area contributed by atoms with E-state index in [1.54, 1.807) is 10.5 Å². The summed E-state index contributed by atoms with van der Waals surface area (Å²) >= 11 is 0.880. The molecule has 1 heterocycles. The average molecular weight is 398 g/mol. The molecule has 7 heteroatoms. The highest BCUT2D eigenvalue weighted by molar-refractivity contribution is 7.95. The maximum Gasteiger partial charge on any atom is 0.156 e. The van der Waals surface area contributed by atoms with Crippen molar-refractivity contribution in [1.29, 1.82) is 0 Å². The molecule has 0 saturated carbocycles. The first kappa shape index (κ1) is 20.3. The summed E-state index contributed by atoms with van der Waals surface area (Å²) in [4.78, 5) is 4.34. The van der Waals surface area contributed by atoms with Gasteiger partial charge in [-0.2, -0.15) is 0 Å². The van der Waals surface area contributed by atoms with Crippen LogP contribution >= 0.6 is 12.2 Å². The third kappa shape index (κ3) is 5.79. The predicted molar refractivity (Wildman–Crippen MR) is 111 cm³/mol. The Balaban J connectivity index is 1.76. The molecule has 3 rings (SSSR count). The average Bonchev–Trinajstić information content (AvgIpc) is 2.77. The van der Waals surface area contributed by atoms with E-state index in [4.69, 9.17) is 5.26 Å². The zero-order chi connectivity index (χ0) is 19.6. The van der Waals surface area contributed by atoms with E-state index in [1.165, 1.54) is 11.1 Å². The molecule has 0 radical (unpaired) electrons. The van der Waals surface area contributed by atoms with Gasteiger partial charge in [0.25, 0.3) is 0 Å². The number of aromatic nitrogens is 1. The Morgan fingerprint density at radius 1 is 0.964 bits per heavy atom. The molecular formula is C21H23N3O3S. The number of anilines is 1. The molecule has 0 saturated heterocycles. The zero-order valence-electron chi connectivity index (χ0n) is 15.5. The second-order valence-electron chi connectivity index (χ2n) is 6.29. The molecular weight excluding hydrogens is 374 g/mol. The van der Waals surface area contributed by atoms with Crippen LogP contribution in [0.1, 0.15) is 24.1 Å². The van der Waals surface area contributed by atoms with Crippen LogP contribution in [-0.4, -0.2) is 22.8 Å². The minimum Gasteiger partial charge on any atom is -0.302 e. The van der Waals surface area contributed by atoms with Gasteiger partial charge in [-0.15, -0.1) is 4.33 Å². The van der Waals surface area contributed by atoms with E-state index in [0.717, 1.165) is 12.2 Å². The fourth-order valence-electron chi connectivity index (χ4n) is 2.98. The van der Waals surface area contributed by atoms with Crippen molar-refractivity contribution in [2.45, 2.75) is 19.0 Å². The van der Waals surface area contributed by atoms with Gasteiger partial charge in [0.15, 0.2) is 12.2 Å². The molecule has 0 bridgehead atoms. The van der Waals surface area contributed by atoms with Gasteiger partial charge in [0, 0.05) is 18.8 Å². The normalized spacial score (nSPS) is 12.1. The number of nitrogens with one attached hydrogen (secondary N) is 1. The molecule has 6 nitrogen and oxygen atoms in total. The smallest absolute Gasteiger partial charge is 0.156 e. The van der Waals surface area contributed by atoms with Crippen molar-refractivity contribution in [2.24, 2.45) is 0 Å². The lowest BCUT2D eigenvalue weighted by Gasteiger charge is -2.28. The first-order valence-electron chi connectivity index (χ1n) is 8.97. The largest absolute Gasteiger partial charge is 0.302 e. The number of benzene rings is 2. The van der Waals surface area contributed by atoms with Gasteiger partial charge < -0.3 is 5.32 Å². The van der Waals surface area contributed by atoms with Crippen molar-refractivity contribution in [3.63, 3.8) is 0 Å². The second kappa shape index (κ2) is 10.8. The molecule has 2 N–H and O–H groups in total. The van der Waals surface area contributed by atoms with Gasteiger partial charge in [-0.05, 0) is 30.2 Å². The molecule has 0 aliphatic rings. The summed E-state index contributed by atoms with van der Waals surface area (Å²) in [6.07, 6.45) is 1.71. The van der Waals surface area contributed by atoms with Crippen LogP contribution in [-0.2, 0) is 9.37 Å². The molecule has 1 atom stereocenters. The van der Waals surface area contributed by atoms with E-state index in [1.807, 2.05) is 54.6 Å². The Morgan fingerprint density at radius 2 is 1.57 bits per heavy atom. The third-order valence-corrected chi connectivity index (χ3v) is 4.85. The number of hydrogen-bond acceptors (Lipinski definition) is 7. The van der Waals surface area contributed by atoms with Crippen molar-refractivity contribution in [3.05, 3.63) is 96.2 Å². The van der Waals surface area contributed by atoms with Crippen molar-refractivity contribution >= 4 is 18.0 Å². The quantitative estimate of drug-likeness (QED) is 0.224. The minimum atomic E-state index is 0.0444. The summed E-state index contributed by atoms with van der Waals surface area (Å²) in [6.45, 7) is 2.66. The minimum absolute atomic E-state index is 0.0444. The number of hydrogen-bond donors (Lipinski definition) is 2. The van der Waals surface area contributed by atoms with Crippen LogP contribution in [0, 0.1) is 0 Å². The van der Waals surface area contributed by atoms with E-state index < -0.39 is 0 Å². The number of nitrogens with zero attached hydrogens (tertiary/aromatic N) is 2. The van der Waals surface area contributed by atoms with E-state index >= 15 is 0 Å². The summed E-state index contributed by atoms with van der Waals surface area (Å²) in [6, 6.07) is 26.4. The highest BCUT2D eigenvalue weighted by atomic mass is 32.2. The molecule has 1 aromatic heterocycles. The van der Waals surface area contributed by atoms with Crippen LogP contribution in [0.2, 0.25) is 0 Å². The molecule has 2 aromatic carbocycles. The molecule has 146 valence electrons. The summed E-state index contributed by atoms with van der Waals surface area (Å²) in [5, 5.41) is 16.0. The van der Waals surface area contributed by atoms with Crippen molar-refractivity contribution in [1.82, 2.24) is 10.3 Å². The lowest BCUT2D eigenvalue weighted by atomic mass is 9.98. The van der Waals surface area contributed by atoms with Gasteiger partial charge in [-0.25, -0.2) is 10.2 Å². The number of pyridine rings is 1. The van der Waals surface area contributed by atoms with E-state index in [0.29, 0.717) is 12.4 Å². The standard InChI is InChI=1S/C21H23N3O3S/c1-17(16-24(28-27-26-25)20-14-8-9-15-22-20)23-21(18-10-4-2-5-11-18)19-12-6-3-7-13-19/h2-15,17,21,23,25H,16H2,1H3/t17-/m0/s1. The first-order chi connectivity index (χ1) is 13.8. The van der Waals surface area contributed by atoms with E-state index in [-0.39, 0.29) is 12.1 Å². The summed E-state index contributed by atoms with van der Waals surface area (Å²) in [5.41, 5.74) is 2.38. The molecule has 0 aliphatic carbocycles. The Labute approximate surface area is 169 Å². The summed E-state index contributed by atoms with van der Waals surface area (Å²) in [7, 11) is 0. The molecule has 0 aliphatic heterocycles. The Morgan fingerprint density at radius 3 is 2.11 bits per heavy atom. The van der Waals surface area contributed by atoms with E-state index in [2.05, 4.69) is 50.9 Å². The second-order valence-corrected chi connectivity index (χ2v) is 7.01. The van der Waals surface area contributed by atoms with Gasteiger partial charge in [0.1, 0.15) is 5.82 Å². The fraction of sp³-hybridized carbons (Fsp3) is 0.190. The topological polar surface area (TPSA) is 66.9 Å². The summed E-state index contributed by atoms with van der Waals surface area (Å²) in [5.74, 6) is 0.703. The zero-order valence-corrected chi connectivity index (χ0v) is 16.3. The van der Waals surface area contributed by atoms with Crippen molar-refractivity contribution < 1.29 is 14.6 Å². The Hall–Kier alpha value is -2.42. The van der Waals surface area contributed by atoms with Crippen LogP contribution in [0.25, 0.3) is 0 Å². The molecule has 0 unspecified atom stereocenters. The SMILES string of the molecule is C[C@@H](CN(SOOO)c1ccccn1)NC(c1ccccc1)c1ccccc1. The van der Waals surface area contributed by atoms with Gasteiger partial charge >= 0.3 is 0 Å². The fourth-order valence-corrected chi connectivity index (χ4v) is 3.55. The lowest BCUT2D eigenvalue weighted by Crippen LogP contribution is -2.39. The predicted octanol–water partition coefficient (Wildman–Crippen LogP) is 4.64. The Bertz CT molecular complexity index is 769. The van der Waals surface area contributed by atoms with Crippen molar-refractivity contribution in [3.8, 4) is 0 Å².